The first-order valence-electron chi connectivity index (χ1n) is 11.3. The Bertz CT molecular complexity index is 1570. The minimum Gasteiger partial charge on any atom is -0.256 e. The molecule has 6 aromatic rings. The average Bonchev–Trinajstić information content (AvgIpc) is 3.27. The molecule has 0 saturated carbocycles. The largest absolute Gasteiger partial charge is 0.256 e. The van der Waals surface area contributed by atoms with Gasteiger partial charge in [0.1, 0.15) is 0 Å². The number of aromatic nitrogens is 1. The highest BCUT2D eigenvalue weighted by Crippen LogP contribution is 2.41. The molecule has 0 spiro atoms. The molecule has 4 aromatic carbocycles. The van der Waals surface area contributed by atoms with Crippen molar-refractivity contribution in [1.29, 1.82) is 0 Å². The van der Waals surface area contributed by atoms with Gasteiger partial charge in [0, 0.05) is 37.9 Å². The van der Waals surface area contributed by atoms with Crippen LogP contribution in [0.1, 0.15) is 24.0 Å². The Kier molecular flexibility index (Phi) is 5.01. The lowest BCUT2D eigenvalue weighted by Gasteiger charge is -2.13. The lowest BCUT2D eigenvalue weighted by atomic mass is 9.92. The van der Waals surface area contributed by atoms with E-state index in [0.717, 1.165) is 11.3 Å². The molecule has 1 unspecified atom stereocenters. The van der Waals surface area contributed by atoms with Crippen molar-refractivity contribution in [2.45, 2.75) is 12.8 Å². The van der Waals surface area contributed by atoms with Gasteiger partial charge in [0.15, 0.2) is 0 Å². The summed E-state index contributed by atoms with van der Waals surface area (Å²) in [5, 5.41) is 2.65. The monoisotopic (exact) mass is 441 g/mol. The van der Waals surface area contributed by atoms with Crippen LogP contribution in [0.15, 0.2) is 115 Å². The smallest absolute Gasteiger partial charge is 0.0705 e. The quantitative estimate of drug-likeness (QED) is 0.266. The third-order valence-electron chi connectivity index (χ3n) is 6.46. The van der Waals surface area contributed by atoms with Crippen LogP contribution in [0.5, 0.6) is 0 Å². The number of fused-ring (bicyclic) bond motifs is 3. The molecule has 0 N–H and O–H groups in total. The normalized spacial score (nSPS) is 12.3. The summed E-state index contributed by atoms with van der Waals surface area (Å²) in [4.78, 5) is 4.72. The fourth-order valence-electron chi connectivity index (χ4n) is 4.65. The molecule has 33 heavy (non-hydrogen) atoms. The lowest BCUT2D eigenvalue weighted by Crippen LogP contribution is -1.97. The second-order valence-electron chi connectivity index (χ2n) is 8.46. The van der Waals surface area contributed by atoms with Crippen LogP contribution in [0, 0.1) is 0 Å². The van der Waals surface area contributed by atoms with Crippen molar-refractivity contribution < 1.29 is 0 Å². The maximum Gasteiger partial charge on any atom is 0.0705 e. The Morgan fingerprint density at radius 2 is 1.42 bits per heavy atom. The molecule has 0 aliphatic heterocycles. The Labute approximate surface area is 198 Å². The third kappa shape index (κ3) is 3.63. The zero-order chi connectivity index (χ0) is 22.2. The number of pyridine rings is 1. The number of nitrogens with zero attached hydrogens (tertiary/aromatic N) is 1. The van der Waals surface area contributed by atoms with Gasteiger partial charge >= 0.3 is 0 Å². The van der Waals surface area contributed by atoms with Gasteiger partial charge < -0.3 is 0 Å². The zero-order valence-corrected chi connectivity index (χ0v) is 19.2. The summed E-state index contributed by atoms with van der Waals surface area (Å²) in [6, 6.07) is 39.1. The molecule has 0 saturated heterocycles. The highest BCUT2D eigenvalue weighted by Gasteiger charge is 2.13. The summed E-state index contributed by atoms with van der Waals surface area (Å²) in [5.74, 6) is 0.328. The van der Waals surface area contributed by atoms with Gasteiger partial charge in [-0.05, 0) is 46.5 Å². The van der Waals surface area contributed by atoms with E-state index in [1.165, 1.54) is 42.4 Å². The van der Waals surface area contributed by atoms with Gasteiger partial charge in [-0.3, -0.25) is 4.98 Å². The van der Waals surface area contributed by atoms with Gasteiger partial charge in [-0.15, -0.1) is 11.3 Å². The van der Waals surface area contributed by atoms with Crippen molar-refractivity contribution in [2.75, 3.05) is 0 Å². The van der Waals surface area contributed by atoms with Crippen LogP contribution in [-0.4, -0.2) is 4.98 Å². The van der Waals surface area contributed by atoms with Gasteiger partial charge in [0.2, 0.25) is 0 Å². The van der Waals surface area contributed by atoms with Crippen LogP contribution >= 0.6 is 11.3 Å². The molecule has 0 radical (unpaired) electrons. The molecule has 1 nitrogen and oxygen atoms in total. The molecule has 0 aliphatic carbocycles. The van der Waals surface area contributed by atoms with Crippen molar-refractivity contribution in [2.24, 2.45) is 0 Å². The highest BCUT2D eigenvalue weighted by molar-refractivity contribution is 7.26. The van der Waals surface area contributed by atoms with Crippen LogP contribution in [0.25, 0.3) is 42.6 Å². The van der Waals surface area contributed by atoms with E-state index in [2.05, 4.69) is 116 Å². The SMILES string of the molecule is CC(c1ccccc1)c1ccnc(-c2ccc3c(c2)sc2cccc(-c4ccccc4)c23)c1. The Morgan fingerprint density at radius 3 is 2.24 bits per heavy atom. The summed E-state index contributed by atoms with van der Waals surface area (Å²) >= 11 is 1.86. The van der Waals surface area contributed by atoms with E-state index in [-0.39, 0.29) is 0 Å². The Hall–Kier alpha value is -3.75. The van der Waals surface area contributed by atoms with Crippen LogP contribution in [-0.2, 0) is 0 Å². The average molecular weight is 442 g/mol. The molecule has 0 fully saturated rings. The van der Waals surface area contributed by atoms with E-state index in [4.69, 9.17) is 4.98 Å². The Morgan fingerprint density at radius 1 is 0.636 bits per heavy atom. The first kappa shape index (κ1) is 19.9. The zero-order valence-electron chi connectivity index (χ0n) is 18.4. The number of hydrogen-bond donors (Lipinski definition) is 0. The molecule has 2 heteroatoms. The second kappa shape index (κ2) is 8.31. The van der Waals surface area contributed by atoms with E-state index in [1.54, 1.807) is 0 Å². The molecule has 0 bridgehead atoms. The fourth-order valence-corrected chi connectivity index (χ4v) is 5.82. The second-order valence-corrected chi connectivity index (χ2v) is 9.55. The predicted molar refractivity (Wildman–Crippen MR) is 142 cm³/mol. The molecule has 1 atom stereocenters. The van der Waals surface area contributed by atoms with Crippen molar-refractivity contribution in [3.05, 3.63) is 127 Å². The molecule has 2 aromatic heterocycles. The van der Waals surface area contributed by atoms with Gasteiger partial charge in [0.05, 0.1) is 5.69 Å². The van der Waals surface area contributed by atoms with Crippen LogP contribution in [0.3, 0.4) is 0 Å². The first-order chi connectivity index (χ1) is 16.3. The molecule has 0 aliphatic rings. The summed E-state index contributed by atoms with van der Waals surface area (Å²) in [6.07, 6.45) is 1.94. The van der Waals surface area contributed by atoms with Crippen molar-refractivity contribution in [1.82, 2.24) is 4.98 Å². The minimum atomic E-state index is 0.328. The lowest BCUT2D eigenvalue weighted by molar-refractivity contribution is 0.918. The van der Waals surface area contributed by atoms with Crippen LogP contribution in [0.4, 0.5) is 0 Å². The van der Waals surface area contributed by atoms with E-state index in [9.17, 15) is 0 Å². The number of thiophene rings is 1. The van der Waals surface area contributed by atoms with Crippen molar-refractivity contribution in [3.63, 3.8) is 0 Å². The molecule has 6 rings (SSSR count). The van der Waals surface area contributed by atoms with Crippen LogP contribution in [0.2, 0.25) is 0 Å². The van der Waals surface area contributed by atoms with Crippen molar-refractivity contribution >= 4 is 31.5 Å². The first-order valence-corrected chi connectivity index (χ1v) is 12.1. The summed E-state index contributed by atoms with van der Waals surface area (Å²) in [5.41, 5.74) is 7.35. The number of hydrogen-bond acceptors (Lipinski definition) is 2. The van der Waals surface area contributed by atoms with Gasteiger partial charge in [-0.1, -0.05) is 91.9 Å². The van der Waals surface area contributed by atoms with Crippen molar-refractivity contribution in [3.8, 4) is 22.4 Å². The molecule has 158 valence electrons. The molecule has 0 amide bonds. The Balaban J connectivity index is 1.44. The van der Waals surface area contributed by atoms with E-state index < -0.39 is 0 Å². The third-order valence-corrected chi connectivity index (χ3v) is 7.58. The summed E-state index contributed by atoms with van der Waals surface area (Å²) in [6.45, 7) is 2.26. The topological polar surface area (TPSA) is 12.9 Å². The van der Waals surface area contributed by atoms with Gasteiger partial charge in [-0.25, -0.2) is 0 Å². The number of benzene rings is 4. The van der Waals surface area contributed by atoms with Gasteiger partial charge in [-0.2, -0.15) is 0 Å². The number of rotatable bonds is 4. The molecule has 2 heterocycles. The predicted octanol–water partition coefficient (Wildman–Crippen LogP) is 8.94. The van der Waals surface area contributed by atoms with Gasteiger partial charge in [0.25, 0.3) is 0 Å². The fraction of sp³-hybridized carbons (Fsp3) is 0.0645. The molecular formula is C31H23NS. The summed E-state index contributed by atoms with van der Waals surface area (Å²) in [7, 11) is 0. The van der Waals surface area contributed by atoms with Crippen LogP contribution < -0.4 is 0 Å². The van der Waals surface area contributed by atoms with E-state index in [1.807, 2.05) is 17.5 Å². The summed E-state index contributed by atoms with van der Waals surface area (Å²) < 4.78 is 2.62. The minimum absolute atomic E-state index is 0.328. The van der Waals surface area contributed by atoms with E-state index in [0.29, 0.717) is 5.92 Å². The standard InChI is InChI=1S/C31H23NS/c1-21(22-9-4-2-5-10-22)24-17-18-32-28(19-24)25-15-16-27-30(20-25)33-29-14-8-13-26(31(27)29)23-11-6-3-7-12-23/h2-21H,1H3. The van der Waals surface area contributed by atoms with E-state index >= 15 is 0 Å². The maximum atomic E-state index is 4.72. The highest BCUT2D eigenvalue weighted by atomic mass is 32.1. The maximum absolute atomic E-state index is 4.72. The molecular weight excluding hydrogens is 418 g/mol.